The highest BCUT2D eigenvalue weighted by Crippen LogP contribution is 2.29. The smallest absolute Gasteiger partial charge is 0.116 e. The summed E-state index contributed by atoms with van der Waals surface area (Å²) in [6.45, 7) is 2.20. The van der Waals surface area contributed by atoms with Crippen molar-refractivity contribution >= 4 is 0 Å². The maximum absolute atomic E-state index is 9.74. The molecule has 0 saturated heterocycles. The van der Waals surface area contributed by atoms with Gasteiger partial charge < -0.3 is 5.11 Å². The Bertz CT molecular complexity index is 116. The third kappa shape index (κ3) is 1.70. The lowest BCUT2D eigenvalue weighted by atomic mass is 9.84. The van der Waals surface area contributed by atoms with Crippen molar-refractivity contribution in [1.29, 1.82) is 0 Å². The lowest BCUT2D eigenvalue weighted by Gasteiger charge is -2.35. The van der Waals surface area contributed by atoms with Crippen molar-refractivity contribution < 1.29 is 5.11 Å². The van der Waals surface area contributed by atoms with Crippen LogP contribution in [0.15, 0.2) is 0 Å². The first-order chi connectivity index (χ1) is 4.66. The molecule has 0 radical (unpaired) electrons. The summed E-state index contributed by atoms with van der Waals surface area (Å²) in [7, 11) is 1.83. The highest BCUT2D eigenvalue weighted by molar-refractivity contribution is 4.81. The summed E-state index contributed by atoms with van der Waals surface area (Å²) >= 11 is 0. The van der Waals surface area contributed by atoms with Crippen molar-refractivity contribution in [2.45, 2.75) is 38.3 Å². The van der Waals surface area contributed by atoms with Gasteiger partial charge >= 0.3 is 0 Å². The highest BCUT2D eigenvalue weighted by Gasteiger charge is 2.30. The predicted molar refractivity (Wildman–Crippen MR) is 41.6 cm³/mol. The Balaban J connectivity index is 2.45. The zero-order valence-corrected chi connectivity index (χ0v) is 6.85. The van der Waals surface area contributed by atoms with Crippen molar-refractivity contribution in [3.63, 3.8) is 0 Å². The molecule has 0 amide bonds. The topological polar surface area (TPSA) is 32.3 Å². The van der Waals surface area contributed by atoms with E-state index in [1.807, 2.05) is 7.05 Å². The Morgan fingerprint density at radius 1 is 1.60 bits per heavy atom. The van der Waals surface area contributed by atoms with Crippen molar-refractivity contribution in [2.75, 3.05) is 7.05 Å². The molecule has 1 aliphatic carbocycles. The SMILES string of the molecule is CN[C@@]1(O)CCC[C@H](C)C1. The average molecular weight is 143 g/mol. The van der Waals surface area contributed by atoms with Gasteiger partial charge in [0, 0.05) is 0 Å². The Morgan fingerprint density at radius 2 is 2.30 bits per heavy atom. The number of nitrogens with one attached hydrogen (secondary N) is 1. The summed E-state index contributed by atoms with van der Waals surface area (Å²) in [4.78, 5) is 0. The zero-order chi connectivity index (χ0) is 7.61. The van der Waals surface area contributed by atoms with Crippen LogP contribution in [-0.2, 0) is 0 Å². The van der Waals surface area contributed by atoms with Crippen LogP contribution in [0.5, 0.6) is 0 Å². The van der Waals surface area contributed by atoms with Gasteiger partial charge in [-0.2, -0.15) is 0 Å². The number of hydrogen-bond acceptors (Lipinski definition) is 2. The molecule has 2 atom stereocenters. The molecule has 0 aromatic heterocycles. The molecule has 1 saturated carbocycles. The van der Waals surface area contributed by atoms with E-state index < -0.39 is 5.72 Å². The summed E-state index contributed by atoms with van der Waals surface area (Å²) in [5, 5.41) is 12.7. The van der Waals surface area contributed by atoms with Gasteiger partial charge in [0.1, 0.15) is 5.72 Å². The number of aliphatic hydroxyl groups is 1. The molecule has 10 heavy (non-hydrogen) atoms. The van der Waals surface area contributed by atoms with E-state index in [-0.39, 0.29) is 0 Å². The van der Waals surface area contributed by atoms with Crippen molar-refractivity contribution in [3.8, 4) is 0 Å². The molecule has 0 aromatic rings. The van der Waals surface area contributed by atoms with E-state index in [4.69, 9.17) is 0 Å². The predicted octanol–water partition coefficient (Wildman–Crippen LogP) is 1.10. The molecule has 0 aliphatic heterocycles. The Morgan fingerprint density at radius 3 is 2.70 bits per heavy atom. The maximum Gasteiger partial charge on any atom is 0.116 e. The van der Waals surface area contributed by atoms with Gasteiger partial charge in [-0.25, -0.2) is 0 Å². The summed E-state index contributed by atoms with van der Waals surface area (Å²) in [5.41, 5.74) is -0.558. The normalized spacial score (nSPS) is 41.7. The summed E-state index contributed by atoms with van der Waals surface area (Å²) in [6.07, 6.45) is 4.24. The lowest BCUT2D eigenvalue weighted by molar-refractivity contribution is -0.0365. The second-order valence-corrected chi connectivity index (χ2v) is 3.48. The average Bonchev–Trinajstić information content (AvgIpc) is 1.88. The summed E-state index contributed by atoms with van der Waals surface area (Å²) in [6, 6.07) is 0. The molecule has 60 valence electrons. The van der Waals surface area contributed by atoms with Crippen LogP contribution in [-0.4, -0.2) is 17.9 Å². The van der Waals surface area contributed by atoms with E-state index in [2.05, 4.69) is 12.2 Å². The van der Waals surface area contributed by atoms with Crippen molar-refractivity contribution in [3.05, 3.63) is 0 Å². The largest absolute Gasteiger partial charge is 0.376 e. The Hall–Kier alpha value is -0.0800. The van der Waals surface area contributed by atoms with Crippen LogP contribution in [0.1, 0.15) is 32.6 Å². The minimum Gasteiger partial charge on any atom is -0.376 e. The molecule has 1 aliphatic rings. The van der Waals surface area contributed by atoms with Gasteiger partial charge in [0.05, 0.1) is 0 Å². The van der Waals surface area contributed by atoms with E-state index in [9.17, 15) is 5.11 Å². The first kappa shape index (κ1) is 8.02. The van der Waals surface area contributed by atoms with Crippen LogP contribution in [0.2, 0.25) is 0 Å². The van der Waals surface area contributed by atoms with Gasteiger partial charge in [0.15, 0.2) is 0 Å². The zero-order valence-electron chi connectivity index (χ0n) is 6.85. The molecule has 1 rings (SSSR count). The van der Waals surface area contributed by atoms with Crippen molar-refractivity contribution in [2.24, 2.45) is 5.92 Å². The highest BCUT2D eigenvalue weighted by atomic mass is 16.3. The van der Waals surface area contributed by atoms with Crippen molar-refractivity contribution in [1.82, 2.24) is 5.32 Å². The second kappa shape index (κ2) is 2.89. The lowest BCUT2D eigenvalue weighted by Crippen LogP contribution is -2.46. The molecule has 0 bridgehead atoms. The van der Waals surface area contributed by atoms with Gasteiger partial charge in [-0.3, -0.25) is 5.32 Å². The third-order valence-electron chi connectivity index (χ3n) is 2.44. The fraction of sp³-hybridized carbons (Fsp3) is 1.00. The molecule has 0 unspecified atom stereocenters. The molecule has 0 aromatic carbocycles. The Labute approximate surface area is 62.6 Å². The fourth-order valence-corrected chi connectivity index (χ4v) is 1.75. The van der Waals surface area contributed by atoms with Crippen LogP contribution in [0.25, 0.3) is 0 Å². The van der Waals surface area contributed by atoms with Crippen LogP contribution in [0.3, 0.4) is 0 Å². The van der Waals surface area contributed by atoms with Gasteiger partial charge in [-0.05, 0) is 32.2 Å². The minimum absolute atomic E-state index is 0.558. The van der Waals surface area contributed by atoms with E-state index in [1.165, 1.54) is 6.42 Å². The van der Waals surface area contributed by atoms with E-state index in [1.54, 1.807) is 0 Å². The first-order valence-corrected chi connectivity index (χ1v) is 4.07. The molecular weight excluding hydrogens is 126 g/mol. The van der Waals surface area contributed by atoms with E-state index >= 15 is 0 Å². The van der Waals surface area contributed by atoms with Crippen LogP contribution in [0, 0.1) is 5.92 Å². The van der Waals surface area contributed by atoms with Gasteiger partial charge in [-0.15, -0.1) is 0 Å². The van der Waals surface area contributed by atoms with Crippen LogP contribution >= 0.6 is 0 Å². The number of hydrogen-bond donors (Lipinski definition) is 2. The van der Waals surface area contributed by atoms with Gasteiger partial charge in [0.25, 0.3) is 0 Å². The maximum atomic E-state index is 9.74. The standard InChI is InChI=1S/C8H17NO/c1-7-4-3-5-8(10,6-7)9-2/h7,9-10H,3-6H2,1-2H3/t7-,8+/m0/s1. The Kier molecular flexibility index (Phi) is 2.32. The molecule has 1 fully saturated rings. The monoisotopic (exact) mass is 143 g/mol. The van der Waals surface area contributed by atoms with Gasteiger partial charge in [-0.1, -0.05) is 13.3 Å². The molecule has 0 spiro atoms. The minimum atomic E-state index is -0.558. The second-order valence-electron chi connectivity index (χ2n) is 3.48. The molecule has 2 N–H and O–H groups in total. The van der Waals surface area contributed by atoms with E-state index in [0.717, 1.165) is 19.3 Å². The van der Waals surface area contributed by atoms with Crippen LogP contribution in [0.4, 0.5) is 0 Å². The number of rotatable bonds is 1. The molecular formula is C8H17NO. The molecule has 2 heteroatoms. The summed E-state index contributed by atoms with van der Waals surface area (Å²) in [5.74, 6) is 0.672. The van der Waals surface area contributed by atoms with Gasteiger partial charge in [0.2, 0.25) is 0 Å². The molecule has 2 nitrogen and oxygen atoms in total. The van der Waals surface area contributed by atoms with E-state index in [0.29, 0.717) is 5.92 Å². The molecule has 0 heterocycles. The third-order valence-corrected chi connectivity index (χ3v) is 2.44. The summed E-state index contributed by atoms with van der Waals surface area (Å²) < 4.78 is 0. The van der Waals surface area contributed by atoms with Crippen LogP contribution < -0.4 is 5.32 Å². The first-order valence-electron chi connectivity index (χ1n) is 4.07. The quantitative estimate of drug-likeness (QED) is 0.539. The fourth-order valence-electron chi connectivity index (χ4n) is 1.75.